The van der Waals surface area contributed by atoms with Gasteiger partial charge in [-0.1, -0.05) is 16.7 Å². The molecule has 2 N–H and O–H groups in total. The van der Waals surface area contributed by atoms with Crippen molar-refractivity contribution in [3.63, 3.8) is 0 Å². The highest BCUT2D eigenvalue weighted by Gasteiger charge is 2.12. The minimum Gasteiger partial charge on any atom is -0.492 e. The van der Waals surface area contributed by atoms with Crippen molar-refractivity contribution in [1.82, 2.24) is 25.5 Å². The standard InChI is InChI=1S/C13H15ClN6O2S/c1-3-20-18-12(17-19-20)16-13(23)15-11(21)8-5-6-10(22-4-2)9(14)7-8/h5-7H,3-4H2,1-2H3,(H2,15,16,18,21,23). The molecule has 2 rings (SSSR count). The Hall–Kier alpha value is -2.26. The maximum absolute atomic E-state index is 12.1. The van der Waals surface area contributed by atoms with Gasteiger partial charge in [0, 0.05) is 5.56 Å². The van der Waals surface area contributed by atoms with Gasteiger partial charge in [0.25, 0.3) is 11.9 Å². The van der Waals surface area contributed by atoms with Gasteiger partial charge in [0.05, 0.1) is 18.2 Å². The molecule has 0 unspecified atom stereocenters. The molecule has 1 aromatic carbocycles. The van der Waals surface area contributed by atoms with Gasteiger partial charge in [0.15, 0.2) is 5.11 Å². The lowest BCUT2D eigenvalue weighted by molar-refractivity contribution is 0.0977. The summed E-state index contributed by atoms with van der Waals surface area (Å²) in [6.45, 7) is 4.80. The zero-order chi connectivity index (χ0) is 16.8. The topological polar surface area (TPSA) is 94.0 Å². The first-order valence-corrected chi connectivity index (χ1v) is 7.64. The Bertz CT molecular complexity index is 720. The van der Waals surface area contributed by atoms with Gasteiger partial charge in [0.1, 0.15) is 5.75 Å². The lowest BCUT2D eigenvalue weighted by atomic mass is 10.2. The molecule has 8 nitrogen and oxygen atoms in total. The number of nitrogens with one attached hydrogen (secondary N) is 2. The molecule has 0 aliphatic carbocycles. The van der Waals surface area contributed by atoms with Gasteiger partial charge >= 0.3 is 0 Å². The van der Waals surface area contributed by atoms with Crippen molar-refractivity contribution in [2.75, 3.05) is 11.9 Å². The Labute approximate surface area is 143 Å². The van der Waals surface area contributed by atoms with Gasteiger partial charge in [-0.3, -0.25) is 15.4 Å². The SMILES string of the molecule is CCOc1ccc(C(=O)NC(=S)Nc2nnn(CC)n2)cc1Cl. The molecule has 10 heteroatoms. The zero-order valence-corrected chi connectivity index (χ0v) is 14.1. The number of aromatic nitrogens is 4. The molecule has 1 aromatic heterocycles. The highest BCUT2D eigenvalue weighted by atomic mass is 35.5. The number of tetrazole rings is 1. The molecule has 0 saturated carbocycles. The van der Waals surface area contributed by atoms with E-state index in [4.69, 9.17) is 28.6 Å². The third-order valence-corrected chi connectivity index (χ3v) is 3.18. The number of nitrogens with zero attached hydrogens (tertiary/aromatic N) is 4. The van der Waals surface area contributed by atoms with Crippen LogP contribution in [0.15, 0.2) is 18.2 Å². The first-order valence-electron chi connectivity index (χ1n) is 6.86. The van der Waals surface area contributed by atoms with Crippen molar-refractivity contribution < 1.29 is 9.53 Å². The normalized spacial score (nSPS) is 10.2. The molecular formula is C13H15ClN6O2S. The number of hydrogen-bond donors (Lipinski definition) is 2. The molecule has 0 radical (unpaired) electrons. The Balaban J connectivity index is 1.98. The fourth-order valence-electron chi connectivity index (χ4n) is 1.65. The summed E-state index contributed by atoms with van der Waals surface area (Å²) >= 11 is 11.1. The highest BCUT2D eigenvalue weighted by molar-refractivity contribution is 7.80. The summed E-state index contributed by atoms with van der Waals surface area (Å²) in [5.41, 5.74) is 0.354. The molecule has 23 heavy (non-hydrogen) atoms. The van der Waals surface area contributed by atoms with E-state index in [0.29, 0.717) is 29.5 Å². The van der Waals surface area contributed by atoms with Crippen LogP contribution in [0.5, 0.6) is 5.75 Å². The maximum atomic E-state index is 12.1. The molecule has 0 spiro atoms. The highest BCUT2D eigenvalue weighted by Crippen LogP contribution is 2.25. The van der Waals surface area contributed by atoms with Crippen molar-refractivity contribution in [1.29, 1.82) is 0 Å². The minimum absolute atomic E-state index is 0.0654. The van der Waals surface area contributed by atoms with E-state index in [1.54, 1.807) is 12.1 Å². The number of halogens is 1. The van der Waals surface area contributed by atoms with E-state index in [2.05, 4.69) is 26.0 Å². The van der Waals surface area contributed by atoms with Crippen LogP contribution in [0.2, 0.25) is 5.02 Å². The third kappa shape index (κ3) is 4.60. The molecule has 122 valence electrons. The van der Waals surface area contributed by atoms with Crippen molar-refractivity contribution in [3.8, 4) is 5.75 Å². The van der Waals surface area contributed by atoms with Crippen LogP contribution in [0.1, 0.15) is 24.2 Å². The lowest BCUT2D eigenvalue weighted by Gasteiger charge is -2.09. The zero-order valence-electron chi connectivity index (χ0n) is 12.5. The predicted octanol–water partition coefficient (Wildman–Crippen LogP) is 1.87. The van der Waals surface area contributed by atoms with Crippen LogP contribution in [0.3, 0.4) is 0 Å². The molecule has 0 bridgehead atoms. The number of hydrogen-bond acceptors (Lipinski definition) is 6. The number of rotatable bonds is 5. The summed E-state index contributed by atoms with van der Waals surface area (Å²) in [6, 6.07) is 4.74. The second-order valence-corrected chi connectivity index (χ2v) is 5.10. The summed E-state index contributed by atoms with van der Waals surface area (Å²) in [7, 11) is 0. The Morgan fingerprint density at radius 3 is 2.83 bits per heavy atom. The predicted molar refractivity (Wildman–Crippen MR) is 89.8 cm³/mol. The average Bonchev–Trinajstić information content (AvgIpc) is 2.96. The first-order chi connectivity index (χ1) is 11.0. The fourth-order valence-corrected chi connectivity index (χ4v) is 2.07. The van der Waals surface area contributed by atoms with Crippen LogP contribution < -0.4 is 15.4 Å². The smallest absolute Gasteiger partial charge is 0.269 e. The molecule has 1 amide bonds. The van der Waals surface area contributed by atoms with Crippen LogP contribution in [0.25, 0.3) is 0 Å². The average molecular weight is 355 g/mol. The molecule has 0 aliphatic heterocycles. The number of anilines is 1. The van der Waals surface area contributed by atoms with Crippen LogP contribution in [-0.2, 0) is 6.54 Å². The quantitative estimate of drug-likeness (QED) is 0.791. The second-order valence-electron chi connectivity index (χ2n) is 4.29. The monoisotopic (exact) mass is 354 g/mol. The summed E-state index contributed by atoms with van der Waals surface area (Å²) in [6.07, 6.45) is 0. The fraction of sp³-hybridized carbons (Fsp3) is 0.308. The molecule has 0 atom stereocenters. The molecule has 2 aromatic rings. The van der Waals surface area contributed by atoms with E-state index in [0.717, 1.165) is 0 Å². The van der Waals surface area contributed by atoms with E-state index in [1.165, 1.54) is 10.9 Å². The number of benzene rings is 1. The molecule has 0 fully saturated rings. The summed E-state index contributed by atoms with van der Waals surface area (Å²) in [5, 5.41) is 17.1. The van der Waals surface area contributed by atoms with Crippen LogP contribution in [0, 0.1) is 0 Å². The minimum atomic E-state index is -0.407. The first kappa shape index (κ1) is 17.1. The summed E-state index contributed by atoms with van der Waals surface area (Å²) in [5.74, 6) is 0.323. The van der Waals surface area contributed by atoms with Crippen LogP contribution >= 0.6 is 23.8 Å². The van der Waals surface area contributed by atoms with Crippen molar-refractivity contribution in [2.45, 2.75) is 20.4 Å². The Morgan fingerprint density at radius 1 is 1.43 bits per heavy atom. The molecule has 0 aliphatic rings. The Morgan fingerprint density at radius 2 is 2.22 bits per heavy atom. The van der Waals surface area contributed by atoms with Gasteiger partial charge < -0.3 is 4.74 Å². The van der Waals surface area contributed by atoms with E-state index < -0.39 is 5.91 Å². The lowest BCUT2D eigenvalue weighted by Crippen LogP contribution is -2.34. The van der Waals surface area contributed by atoms with E-state index in [1.807, 2.05) is 13.8 Å². The number of carbonyl (C=O) groups excluding carboxylic acids is 1. The molecular weight excluding hydrogens is 340 g/mol. The number of carbonyl (C=O) groups is 1. The molecule has 0 saturated heterocycles. The molecule has 1 heterocycles. The van der Waals surface area contributed by atoms with Crippen molar-refractivity contribution >= 4 is 40.8 Å². The van der Waals surface area contributed by atoms with Gasteiger partial charge in [-0.15, -0.1) is 5.10 Å². The van der Waals surface area contributed by atoms with E-state index in [-0.39, 0.29) is 11.1 Å². The second kappa shape index (κ2) is 7.84. The van der Waals surface area contributed by atoms with Gasteiger partial charge in [-0.05, 0) is 49.5 Å². The number of aryl methyl sites for hydroxylation is 1. The maximum Gasteiger partial charge on any atom is 0.269 e. The summed E-state index contributed by atoms with van der Waals surface area (Å²) in [4.78, 5) is 13.5. The van der Waals surface area contributed by atoms with Gasteiger partial charge in [0.2, 0.25) is 0 Å². The number of ether oxygens (including phenoxy) is 1. The Kier molecular flexibility index (Phi) is 5.83. The van der Waals surface area contributed by atoms with Crippen molar-refractivity contribution in [2.24, 2.45) is 0 Å². The largest absolute Gasteiger partial charge is 0.492 e. The summed E-state index contributed by atoms with van der Waals surface area (Å²) < 4.78 is 5.32. The van der Waals surface area contributed by atoms with E-state index >= 15 is 0 Å². The van der Waals surface area contributed by atoms with Crippen LogP contribution in [-0.4, -0.2) is 37.8 Å². The van der Waals surface area contributed by atoms with Gasteiger partial charge in [-0.25, -0.2) is 0 Å². The third-order valence-electron chi connectivity index (χ3n) is 2.68. The van der Waals surface area contributed by atoms with Crippen LogP contribution in [0.4, 0.5) is 5.95 Å². The number of amides is 1. The van der Waals surface area contributed by atoms with E-state index in [9.17, 15) is 4.79 Å². The number of thiocarbonyl (C=S) groups is 1. The van der Waals surface area contributed by atoms with Gasteiger partial charge in [-0.2, -0.15) is 4.80 Å². The van der Waals surface area contributed by atoms with Crippen molar-refractivity contribution in [3.05, 3.63) is 28.8 Å².